The van der Waals surface area contributed by atoms with Crippen molar-refractivity contribution in [1.82, 2.24) is 40.4 Å². The topological polar surface area (TPSA) is 184 Å². The molecule has 320 valence electrons. The largest absolute Gasteiger partial charge is 0.453 e. The molecule has 6 atom stereocenters. The molecule has 2 aromatic carbocycles. The second-order valence-corrected chi connectivity index (χ2v) is 17.2. The van der Waals surface area contributed by atoms with Gasteiger partial charge in [0.2, 0.25) is 11.8 Å². The zero-order chi connectivity index (χ0) is 43.3. The van der Waals surface area contributed by atoms with Gasteiger partial charge in [-0.1, -0.05) is 87.4 Å². The number of alkyl carbamates (subject to hydrolysis) is 2. The number of imidazole rings is 2. The van der Waals surface area contributed by atoms with Crippen molar-refractivity contribution in [3.8, 4) is 33.6 Å². The molecule has 8 rings (SSSR count). The van der Waals surface area contributed by atoms with Crippen molar-refractivity contribution in [2.24, 2.45) is 11.8 Å². The second-order valence-electron chi connectivity index (χ2n) is 17.2. The minimum absolute atomic E-state index is 0.0114. The number of nitrogens with one attached hydrogen (secondary N) is 4. The third kappa shape index (κ3) is 7.82. The van der Waals surface area contributed by atoms with Gasteiger partial charge in [0, 0.05) is 18.7 Å². The average molecular weight is 831 g/mol. The number of aromatic amines is 2. The van der Waals surface area contributed by atoms with Crippen LogP contribution in [0.2, 0.25) is 0 Å². The highest BCUT2D eigenvalue weighted by Gasteiger charge is 2.43. The molecule has 15 heteroatoms. The number of amides is 4. The number of carbonyl (C=O) groups excluding carboxylic acids is 4. The van der Waals surface area contributed by atoms with E-state index in [-0.39, 0.29) is 35.9 Å². The van der Waals surface area contributed by atoms with Crippen molar-refractivity contribution < 1.29 is 33.4 Å². The SMILES string of the molecule is COC(=O)N[C@H](C(=O)N1CC(C)=C[C@H]1c1ncc(-c2ccc(-c3ccc(-c4cnc([C@@H]5C=C(C)CN5C(=O)[C@@H](NC(=O)OC)C(C)C)[nH]4)c4c3C3CCC4O3)cc2)[nH]1)C(C)C. The molecule has 6 heterocycles. The van der Waals surface area contributed by atoms with Gasteiger partial charge in [-0.25, -0.2) is 19.6 Å². The number of carbonyl (C=O) groups is 4. The van der Waals surface area contributed by atoms with Crippen LogP contribution >= 0.6 is 0 Å². The Morgan fingerprint density at radius 1 is 0.672 bits per heavy atom. The predicted molar refractivity (Wildman–Crippen MR) is 228 cm³/mol. The van der Waals surface area contributed by atoms with Gasteiger partial charge >= 0.3 is 12.2 Å². The fourth-order valence-electron chi connectivity index (χ4n) is 9.16. The molecule has 2 aromatic heterocycles. The second kappa shape index (κ2) is 16.7. The molecule has 4 aliphatic rings. The smallest absolute Gasteiger partial charge is 0.407 e. The van der Waals surface area contributed by atoms with Gasteiger partial charge in [0.1, 0.15) is 35.8 Å². The Balaban J connectivity index is 1.03. The highest BCUT2D eigenvalue weighted by Crippen LogP contribution is 2.56. The molecule has 0 aliphatic carbocycles. The van der Waals surface area contributed by atoms with E-state index in [9.17, 15) is 19.2 Å². The highest BCUT2D eigenvalue weighted by molar-refractivity contribution is 5.88. The summed E-state index contributed by atoms with van der Waals surface area (Å²) in [5.74, 6) is 0.597. The standard InChI is InChI=1S/C46H54N8O7/c1-23(2)39(51-45(57)59-7)43(55)53-21-25(5)17-33(53)41-47-19-31(49-41)28-11-9-27(10-12-28)29-13-14-30(38-36-16-15-35(61-36)37(29)38)32-20-48-42(50-32)34-18-26(6)22-54(34)44(56)40(24(3)4)52-46(58)60-8/h9-14,17-20,23-24,33-36,39-40H,15-16,21-22H2,1-8H3,(H,47,49)(H,48,50)(H,51,57)(H,52,58)/t33-,34-,35?,36?,39-,40-/m0/s1. The van der Waals surface area contributed by atoms with Gasteiger partial charge in [0.25, 0.3) is 0 Å². The quantitative estimate of drug-likeness (QED) is 0.112. The zero-order valence-corrected chi connectivity index (χ0v) is 35.9. The van der Waals surface area contributed by atoms with Crippen LogP contribution in [0.1, 0.15) is 101 Å². The van der Waals surface area contributed by atoms with Crippen LogP contribution in [0.4, 0.5) is 9.59 Å². The maximum absolute atomic E-state index is 13.9. The molecule has 0 spiro atoms. The monoisotopic (exact) mass is 830 g/mol. The van der Waals surface area contributed by atoms with E-state index in [0.29, 0.717) is 24.7 Å². The molecule has 1 fully saturated rings. The lowest BCUT2D eigenvalue weighted by Crippen LogP contribution is -2.51. The van der Waals surface area contributed by atoms with Gasteiger partial charge in [0.05, 0.1) is 50.2 Å². The van der Waals surface area contributed by atoms with E-state index in [4.69, 9.17) is 24.2 Å². The lowest BCUT2D eigenvalue weighted by molar-refractivity contribution is -0.135. The van der Waals surface area contributed by atoms with Gasteiger partial charge in [-0.3, -0.25) is 9.59 Å². The number of rotatable bonds is 11. The van der Waals surface area contributed by atoms with Crippen LogP contribution in [0.15, 0.2) is 72.1 Å². The lowest BCUT2D eigenvalue weighted by Gasteiger charge is -2.30. The van der Waals surface area contributed by atoms with Crippen LogP contribution < -0.4 is 10.6 Å². The van der Waals surface area contributed by atoms with Crippen LogP contribution in [0.5, 0.6) is 0 Å². The third-order valence-corrected chi connectivity index (χ3v) is 12.2. The molecule has 0 saturated carbocycles. The fraction of sp³-hybridized carbons (Fsp3) is 0.435. The first-order chi connectivity index (χ1) is 29.3. The molecule has 4 aromatic rings. The predicted octanol–water partition coefficient (Wildman–Crippen LogP) is 7.46. The first kappa shape index (κ1) is 41.5. The van der Waals surface area contributed by atoms with Crippen molar-refractivity contribution in [2.45, 2.75) is 90.8 Å². The molecule has 1 saturated heterocycles. The summed E-state index contributed by atoms with van der Waals surface area (Å²) in [5.41, 5.74) is 10.3. The molecule has 2 bridgehead atoms. The maximum atomic E-state index is 13.9. The number of benzene rings is 2. The summed E-state index contributed by atoms with van der Waals surface area (Å²) in [4.78, 5) is 71.8. The first-order valence-electron chi connectivity index (χ1n) is 20.9. The van der Waals surface area contributed by atoms with Gasteiger partial charge in [-0.2, -0.15) is 0 Å². The Bertz CT molecular complexity index is 2410. The van der Waals surface area contributed by atoms with Crippen LogP contribution in [-0.2, 0) is 23.8 Å². The number of fused-ring (bicyclic) bond motifs is 5. The van der Waals surface area contributed by atoms with E-state index in [1.165, 1.54) is 25.3 Å². The summed E-state index contributed by atoms with van der Waals surface area (Å²) < 4.78 is 16.1. The van der Waals surface area contributed by atoms with Gasteiger partial charge in [-0.05, 0) is 66.3 Å². The summed E-state index contributed by atoms with van der Waals surface area (Å²) in [6.07, 6.45) is 8.25. The van der Waals surface area contributed by atoms with Crippen LogP contribution in [-0.4, -0.2) is 93.1 Å². The molecule has 4 aliphatic heterocycles. The van der Waals surface area contributed by atoms with Crippen molar-refractivity contribution in [3.05, 3.63) is 94.9 Å². The summed E-state index contributed by atoms with van der Waals surface area (Å²) in [5, 5.41) is 5.41. The van der Waals surface area contributed by atoms with Crippen molar-refractivity contribution in [1.29, 1.82) is 0 Å². The number of ether oxygens (including phenoxy) is 3. The lowest BCUT2D eigenvalue weighted by atomic mass is 9.82. The molecular formula is C46H54N8O7. The van der Waals surface area contributed by atoms with E-state index >= 15 is 0 Å². The summed E-state index contributed by atoms with van der Waals surface area (Å²) in [7, 11) is 2.57. The first-order valence-corrected chi connectivity index (χ1v) is 20.9. The van der Waals surface area contributed by atoms with Gasteiger partial charge in [0.15, 0.2) is 0 Å². The van der Waals surface area contributed by atoms with Crippen LogP contribution in [0.3, 0.4) is 0 Å². The number of hydrogen-bond donors (Lipinski definition) is 4. The molecule has 15 nitrogen and oxygen atoms in total. The average Bonchev–Trinajstić information content (AvgIpc) is 4.12. The van der Waals surface area contributed by atoms with Crippen molar-refractivity contribution in [2.75, 3.05) is 27.3 Å². The summed E-state index contributed by atoms with van der Waals surface area (Å²) in [6.45, 7) is 12.4. The minimum atomic E-state index is -0.748. The molecule has 61 heavy (non-hydrogen) atoms. The molecule has 4 amide bonds. The van der Waals surface area contributed by atoms with Gasteiger partial charge in [-0.15, -0.1) is 0 Å². The zero-order valence-electron chi connectivity index (χ0n) is 35.9. The molecular weight excluding hydrogens is 777 g/mol. The summed E-state index contributed by atoms with van der Waals surface area (Å²) in [6, 6.07) is 10.4. The van der Waals surface area contributed by atoms with E-state index < -0.39 is 36.4 Å². The molecule has 4 N–H and O–H groups in total. The van der Waals surface area contributed by atoms with E-state index in [0.717, 1.165) is 57.6 Å². The normalized spacial score (nSPS) is 21.3. The Hall–Kier alpha value is -6.22. The number of hydrogen-bond acceptors (Lipinski definition) is 9. The van der Waals surface area contributed by atoms with E-state index in [2.05, 4.69) is 57.0 Å². The molecule has 0 radical (unpaired) electrons. The molecule has 2 unspecified atom stereocenters. The Kier molecular flexibility index (Phi) is 11.3. The minimum Gasteiger partial charge on any atom is -0.453 e. The Labute approximate surface area is 355 Å². The van der Waals surface area contributed by atoms with E-state index in [1.54, 1.807) is 16.0 Å². The number of H-pyrrole nitrogens is 2. The number of methoxy groups -OCH3 is 2. The van der Waals surface area contributed by atoms with Crippen molar-refractivity contribution in [3.63, 3.8) is 0 Å². The van der Waals surface area contributed by atoms with Crippen LogP contribution in [0, 0.1) is 11.8 Å². The number of aromatic nitrogens is 4. The van der Waals surface area contributed by atoms with Gasteiger partial charge < -0.3 is 44.6 Å². The van der Waals surface area contributed by atoms with E-state index in [1.807, 2.05) is 59.9 Å². The van der Waals surface area contributed by atoms with Crippen LogP contribution in [0.25, 0.3) is 33.6 Å². The Morgan fingerprint density at radius 2 is 1.11 bits per heavy atom. The summed E-state index contributed by atoms with van der Waals surface area (Å²) >= 11 is 0. The Morgan fingerprint density at radius 3 is 1.61 bits per heavy atom. The maximum Gasteiger partial charge on any atom is 0.407 e. The van der Waals surface area contributed by atoms with Crippen molar-refractivity contribution >= 4 is 24.0 Å². The third-order valence-electron chi connectivity index (χ3n) is 12.2. The highest BCUT2D eigenvalue weighted by atomic mass is 16.5. The fourth-order valence-corrected chi connectivity index (χ4v) is 9.16. The number of nitrogens with zero attached hydrogens (tertiary/aromatic N) is 4.